The van der Waals surface area contributed by atoms with Crippen molar-refractivity contribution in [2.45, 2.75) is 11.9 Å². The number of nitrogens with zero attached hydrogens (tertiary/aromatic N) is 1. The minimum absolute atomic E-state index is 0.174. The number of fused-ring (bicyclic) bond motifs is 1. The van der Waals surface area contributed by atoms with Gasteiger partial charge in [-0.25, -0.2) is 4.99 Å². The van der Waals surface area contributed by atoms with Crippen molar-refractivity contribution in [3.8, 4) is 11.5 Å². The summed E-state index contributed by atoms with van der Waals surface area (Å²) in [5.74, 6) is -0.567. The summed E-state index contributed by atoms with van der Waals surface area (Å²) in [5, 5.41) is 0. The van der Waals surface area contributed by atoms with Gasteiger partial charge in [0.2, 0.25) is 0 Å². The van der Waals surface area contributed by atoms with Crippen molar-refractivity contribution in [2.75, 3.05) is 7.11 Å². The average Bonchev–Trinajstić information content (AvgIpc) is 2.56. The fourth-order valence-corrected chi connectivity index (χ4v) is 2.15. The predicted octanol–water partition coefficient (Wildman–Crippen LogP) is 2.33. The Morgan fingerprint density at radius 1 is 1.27 bits per heavy atom. The van der Waals surface area contributed by atoms with Crippen LogP contribution in [0.25, 0.3) is 6.08 Å². The highest BCUT2D eigenvalue weighted by Crippen LogP contribution is 2.39. The molecule has 6 nitrogen and oxygen atoms in total. The maximum Gasteiger partial charge on any atom is 0.534 e. The number of halogens is 3. The molecule has 2 rings (SSSR count). The van der Waals surface area contributed by atoms with Crippen molar-refractivity contribution >= 4 is 27.7 Å². The molecule has 1 heterocycles. The zero-order chi connectivity index (χ0) is 16.5. The van der Waals surface area contributed by atoms with E-state index in [1.165, 1.54) is 13.2 Å². The van der Waals surface area contributed by atoms with Gasteiger partial charge in [-0.15, -0.1) is 0 Å². The number of aliphatic imine (C=N–C) groups is 1. The third-order valence-electron chi connectivity index (χ3n) is 2.68. The number of alkyl halides is 3. The summed E-state index contributed by atoms with van der Waals surface area (Å²) in [6, 6.07) is 2.34. The molecule has 22 heavy (non-hydrogen) atoms. The SMILES string of the molecule is COc1cc2c(cc1OS(=O)(=O)C(F)(F)F)N=C(N)CC=C2. The summed E-state index contributed by atoms with van der Waals surface area (Å²) in [4.78, 5) is 3.99. The first kappa shape index (κ1) is 16.1. The van der Waals surface area contributed by atoms with Crippen LogP contribution >= 0.6 is 0 Å². The number of rotatable bonds is 3. The minimum atomic E-state index is -5.81. The molecule has 1 aliphatic heterocycles. The normalized spacial score (nSPS) is 14.8. The van der Waals surface area contributed by atoms with Crippen molar-refractivity contribution in [1.82, 2.24) is 0 Å². The number of hydrogen-bond donors (Lipinski definition) is 1. The summed E-state index contributed by atoms with van der Waals surface area (Å²) >= 11 is 0. The van der Waals surface area contributed by atoms with Gasteiger partial charge in [-0.3, -0.25) is 0 Å². The van der Waals surface area contributed by atoms with Gasteiger partial charge in [-0.2, -0.15) is 21.6 Å². The Kier molecular flexibility index (Phi) is 4.05. The number of hydrogen-bond acceptors (Lipinski definition) is 6. The molecule has 0 saturated carbocycles. The van der Waals surface area contributed by atoms with Crippen molar-refractivity contribution < 1.29 is 30.5 Å². The molecule has 10 heteroatoms. The van der Waals surface area contributed by atoms with Crippen LogP contribution in [0, 0.1) is 0 Å². The van der Waals surface area contributed by atoms with Gasteiger partial charge in [0.15, 0.2) is 11.5 Å². The van der Waals surface area contributed by atoms with E-state index in [0.29, 0.717) is 12.0 Å². The Hall–Kier alpha value is -2.23. The fourth-order valence-electron chi connectivity index (χ4n) is 1.69. The fraction of sp³-hybridized carbons (Fsp3) is 0.250. The van der Waals surface area contributed by atoms with Crippen LogP contribution in [-0.2, 0) is 10.1 Å². The first-order valence-electron chi connectivity index (χ1n) is 5.86. The second kappa shape index (κ2) is 5.52. The van der Waals surface area contributed by atoms with Gasteiger partial charge in [-0.1, -0.05) is 12.2 Å². The van der Waals surface area contributed by atoms with Crippen molar-refractivity contribution in [3.63, 3.8) is 0 Å². The second-order valence-electron chi connectivity index (χ2n) is 4.25. The molecule has 0 saturated heterocycles. The van der Waals surface area contributed by atoms with Crippen LogP contribution in [-0.4, -0.2) is 26.9 Å². The lowest BCUT2D eigenvalue weighted by Gasteiger charge is -2.14. The van der Waals surface area contributed by atoms with Crippen LogP contribution in [0.2, 0.25) is 0 Å². The Balaban J connectivity index is 2.54. The maximum atomic E-state index is 12.4. The molecule has 0 atom stereocenters. The van der Waals surface area contributed by atoms with E-state index in [-0.39, 0.29) is 17.3 Å². The van der Waals surface area contributed by atoms with E-state index >= 15 is 0 Å². The van der Waals surface area contributed by atoms with Crippen LogP contribution in [0.4, 0.5) is 18.9 Å². The Labute approximate surface area is 124 Å². The standard InChI is InChI=1S/C12H11F3N2O4S/c1-20-9-5-7-3-2-4-11(16)17-8(7)6-10(9)21-22(18,19)12(13,14)15/h2-3,5-6H,4H2,1H3,(H2,16,17). The van der Waals surface area contributed by atoms with Crippen LogP contribution in [0.1, 0.15) is 12.0 Å². The summed E-state index contributed by atoms with van der Waals surface area (Å²) in [5.41, 5.74) is 0.735. The van der Waals surface area contributed by atoms with E-state index < -0.39 is 21.4 Å². The zero-order valence-electron chi connectivity index (χ0n) is 11.2. The molecular formula is C12H11F3N2O4S. The summed E-state index contributed by atoms with van der Waals surface area (Å²) in [7, 11) is -4.64. The Bertz CT molecular complexity index is 754. The van der Waals surface area contributed by atoms with E-state index in [4.69, 9.17) is 10.5 Å². The lowest BCUT2D eigenvalue weighted by Crippen LogP contribution is -2.28. The zero-order valence-corrected chi connectivity index (χ0v) is 12.0. The molecule has 0 radical (unpaired) electrons. The smallest absolute Gasteiger partial charge is 0.493 e. The van der Waals surface area contributed by atoms with Gasteiger partial charge in [0, 0.05) is 18.1 Å². The van der Waals surface area contributed by atoms with Crippen LogP contribution < -0.4 is 14.7 Å². The first-order chi connectivity index (χ1) is 10.1. The quantitative estimate of drug-likeness (QED) is 0.676. The third-order valence-corrected chi connectivity index (χ3v) is 3.65. The maximum absolute atomic E-state index is 12.4. The third kappa shape index (κ3) is 3.16. The molecule has 0 fully saturated rings. The Morgan fingerprint density at radius 3 is 2.55 bits per heavy atom. The van der Waals surface area contributed by atoms with Gasteiger partial charge in [-0.05, 0) is 6.07 Å². The molecule has 0 spiro atoms. The first-order valence-corrected chi connectivity index (χ1v) is 7.27. The minimum Gasteiger partial charge on any atom is -0.493 e. The van der Waals surface area contributed by atoms with E-state index in [1.807, 2.05) is 0 Å². The number of amidine groups is 1. The van der Waals surface area contributed by atoms with Gasteiger partial charge in [0.1, 0.15) is 5.84 Å². The van der Waals surface area contributed by atoms with E-state index in [9.17, 15) is 21.6 Å². The van der Waals surface area contributed by atoms with Crippen LogP contribution in [0.15, 0.2) is 23.2 Å². The monoisotopic (exact) mass is 336 g/mol. The number of ether oxygens (including phenoxy) is 1. The molecule has 0 unspecified atom stereocenters. The molecule has 1 aromatic carbocycles. The molecule has 0 aromatic heterocycles. The molecule has 2 N–H and O–H groups in total. The lowest BCUT2D eigenvalue weighted by molar-refractivity contribution is -0.0500. The largest absolute Gasteiger partial charge is 0.534 e. The van der Waals surface area contributed by atoms with Gasteiger partial charge in [0.05, 0.1) is 12.8 Å². The van der Waals surface area contributed by atoms with E-state index in [2.05, 4.69) is 9.18 Å². The highest BCUT2D eigenvalue weighted by Gasteiger charge is 2.49. The number of benzene rings is 1. The lowest BCUT2D eigenvalue weighted by atomic mass is 10.1. The van der Waals surface area contributed by atoms with Gasteiger partial charge >= 0.3 is 15.6 Å². The topological polar surface area (TPSA) is 91.0 Å². The number of methoxy groups -OCH3 is 1. The Morgan fingerprint density at radius 2 is 1.95 bits per heavy atom. The van der Waals surface area contributed by atoms with E-state index in [0.717, 1.165) is 6.07 Å². The summed E-state index contributed by atoms with van der Waals surface area (Å²) in [6.45, 7) is 0. The highest BCUT2D eigenvalue weighted by atomic mass is 32.2. The van der Waals surface area contributed by atoms with Crippen LogP contribution in [0.5, 0.6) is 11.5 Å². The molecule has 0 bridgehead atoms. The summed E-state index contributed by atoms with van der Waals surface area (Å²) in [6.07, 6.45) is 3.70. The number of nitrogens with two attached hydrogens (primary N) is 1. The molecule has 1 aliphatic rings. The van der Waals surface area contributed by atoms with Crippen LogP contribution in [0.3, 0.4) is 0 Å². The van der Waals surface area contributed by atoms with Crippen molar-refractivity contribution in [3.05, 3.63) is 23.8 Å². The average molecular weight is 336 g/mol. The molecular weight excluding hydrogens is 325 g/mol. The molecule has 0 aliphatic carbocycles. The predicted molar refractivity (Wildman–Crippen MR) is 73.5 cm³/mol. The van der Waals surface area contributed by atoms with Gasteiger partial charge in [0.25, 0.3) is 0 Å². The molecule has 0 amide bonds. The van der Waals surface area contributed by atoms with Gasteiger partial charge < -0.3 is 14.7 Å². The van der Waals surface area contributed by atoms with Crippen molar-refractivity contribution in [2.24, 2.45) is 10.7 Å². The van der Waals surface area contributed by atoms with E-state index in [1.54, 1.807) is 12.2 Å². The molecule has 1 aromatic rings. The van der Waals surface area contributed by atoms with Crippen molar-refractivity contribution in [1.29, 1.82) is 0 Å². The molecule has 120 valence electrons. The highest BCUT2D eigenvalue weighted by molar-refractivity contribution is 7.88. The summed E-state index contributed by atoms with van der Waals surface area (Å²) < 4.78 is 68.4. The second-order valence-corrected chi connectivity index (χ2v) is 5.79.